The monoisotopic (exact) mass is 253 g/mol. The molecule has 0 aliphatic carbocycles. The number of non-ortho nitro benzene ring substituents is 1. The summed E-state index contributed by atoms with van der Waals surface area (Å²) in [4.78, 5) is 10.0. The summed E-state index contributed by atoms with van der Waals surface area (Å²) in [5.74, 6) is 0.532. The van der Waals surface area contributed by atoms with E-state index in [4.69, 9.17) is 14.6 Å². The van der Waals surface area contributed by atoms with Crippen molar-refractivity contribution in [1.29, 1.82) is 0 Å². The second-order valence-corrected chi connectivity index (χ2v) is 4.17. The number of ether oxygens (including phenoxy) is 2. The van der Waals surface area contributed by atoms with E-state index in [0.717, 1.165) is 19.3 Å². The zero-order valence-corrected chi connectivity index (χ0v) is 9.82. The lowest BCUT2D eigenvalue weighted by atomic mass is 10.1. The van der Waals surface area contributed by atoms with Crippen molar-refractivity contribution in [3.8, 4) is 5.75 Å². The van der Waals surface area contributed by atoms with Gasteiger partial charge >= 0.3 is 0 Å². The molecule has 1 aromatic rings. The van der Waals surface area contributed by atoms with Gasteiger partial charge in [0.1, 0.15) is 5.75 Å². The van der Waals surface area contributed by atoms with Crippen LogP contribution < -0.4 is 4.74 Å². The standard InChI is InChI=1S/C12H15NO5/c14-8-11-2-1-3-12(18-11)17-10-6-4-9(5-7-10)13(15)16/h4-7,11-12,14H,1-3,8H2. The molecule has 1 aliphatic rings. The molecule has 6 heteroatoms. The van der Waals surface area contributed by atoms with Gasteiger partial charge in [-0.3, -0.25) is 10.1 Å². The van der Waals surface area contributed by atoms with Crippen molar-refractivity contribution in [3.05, 3.63) is 34.4 Å². The Kier molecular flexibility index (Phi) is 4.11. The van der Waals surface area contributed by atoms with E-state index in [0.29, 0.717) is 5.75 Å². The lowest BCUT2D eigenvalue weighted by Gasteiger charge is -2.29. The fraction of sp³-hybridized carbons (Fsp3) is 0.500. The van der Waals surface area contributed by atoms with E-state index in [2.05, 4.69) is 0 Å². The Bertz CT molecular complexity index is 405. The van der Waals surface area contributed by atoms with Crippen molar-refractivity contribution >= 4 is 5.69 Å². The highest BCUT2D eigenvalue weighted by Gasteiger charge is 2.23. The molecule has 6 nitrogen and oxygen atoms in total. The number of nitro groups is 1. The second kappa shape index (κ2) is 5.79. The average molecular weight is 253 g/mol. The van der Waals surface area contributed by atoms with Gasteiger partial charge in [-0.25, -0.2) is 0 Å². The van der Waals surface area contributed by atoms with Gasteiger partial charge in [0, 0.05) is 18.6 Å². The lowest BCUT2D eigenvalue weighted by Crippen LogP contribution is -2.33. The van der Waals surface area contributed by atoms with Crippen molar-refractivity contribution in [3.63, 3.8) is 0 Å². The third kappa shape index (κ3) is 3.18. The number of hydrogen-bond acceptors (Lipinski definition) is 5. The molecule has 1 aliphatic heterocycles. The third-order valence-corrected chi connectivity index (χ3v) is 2.83. The molecule has 98 valence electrons. The zero-order chi connectivity index (χ0) is 13.0. The molecule has 0 amide bonds. The third-order valence-electron chi connectivity index (χ3n) is 2.83. The first-order valence-electron chi connectivity index (χ1n) is 5.86. The summed E-state index contributed by atoms with van der Waals surface area (Å²) in [7, 11) is 0. The van der Waals surface area contributed by atoms with Gasteiger partial charge in [0.2, 0.25) is 0 Å². The summed E-state index contributed by atoms with van der Waals surface area (Å²) in [5, 5.41) is 19.5. The van der Waals surface area contributed by atoms with Crippen LogP contribution in [0.2, 0.25) is 0 Å². The molecule has 1 saturated heterocycles. The first-order valence-corrected chi connectivity index (χ1v) is 5.86. The Balaban J connectivity index is 1.94. The van der Waals surface area contributed by atoms with Gasteiger partial charge in [0.15, 0.2) is 6.29 Å². The van der Waals surface area contributed by atoms with E-state index in [1.807, 2.05) is 0 Å². The minimum Gasteiger partial charge on any atom is -0.465 e. The Morgan fingerprint density at radius 3 is 2.72 bits per heavy atom. The molecule has 0 spiro atoms. The lowest BCUT2D eigenvalue weighted by molar-refractivity contribution is -0.384. The highest BCUT2D eigenvalue weighted by molar-refractivity contribution is 5.36. The molecule has 1 fully saturated rings. The summed E-state index contributed by atoms with van der Waals surface area (Å²) in [6.07, 6.45) is 1.95. The van der Waals surface area contributed by atoms with Gasteiger partial charge in [0.05, 0.1) is 17.6 Å². The summed E-state index contributed by atoms with van der Waals surface area (Å²) in [5.41, 5.74) is 0.0279. The summed E-state index contributed by atoms with van der Waals surface area (Å²) in [6, 6.07) is 5.87. The van der Waals surface area contributed by atoms with Crippen molar-refractivity contribution in [2.75, 3.05) is 6.61 Å². The van der Waals surface area contributed by atoms with Crippen LogP contribution in [0.25, 0.3) is 0 Å². The van der Waals surface area contributed by atoms with Crippen LogP contribution in [0, 0.1) is 10.1 Å². The minimum absolute atomic E-state index is 0.0138. The van der Waals surface area contributed by atoms with E-state index in [9.17, 15) is 10.1 Å². The van der Waals surface area contributed by atoms with Crippen LogP contribution >= 0.6 is 0 Å². The van der Waals surface area contributed by atoms with E-state index in [1.165, 1.54) is 12.1 Å². The van der Waals surface area contributed by atoms with Gasteiger partial charge in [0.25, 0.3) is 5.69 Å². The van der Waals surface area contributed by atoms with Gasteiger partial charge in [-0.05, 0) is 25.0 Å². The SMILES string of the molecule is O=[N+]([O-])c1ccc(OC2CCCC(CO)O2)cc1. The predicted molar refractivity (Wildman–Crippen MR) is 63.3 cm³/mol. The quantitative estimate of drug-likeness (QED) is 0.654. The van der Waals surface area contributed by atoms with Crippen LogP contribution in [0.3, 0.4) is 0 Å². The normalized spacial score (nSPS) is 23.6. The number of aliphatic hydroxyl groups is 1. The molecule has 0 radical (unpaired) electrons. The first-order chi connectivity index (χ1) is 8.69. The largest absolute Gasteiger partial charge is 0.465 e. The summed E-state index contributed by atoms with van der Waals surface area (Å²) < 4.78 is 11.1. The van der Waals surface area contributed by atoms with E-state index >= 15 is 0 Å². The number of nitrogens with zero attached hydrogens (tertiary/aromatic N) is 1. The van der Waals surface area contributed by atoms with Gasteiger partial charge in [-0.15, -0.1) is 0 Å². The highest BCUT2D eigenvalue weighted by atomic mass is 16.7. The maximum atomic E-state index is 10.5. The number of rotatable bonds is 4. The second-order valence-electron chi connectivity index (χ2n) is 4.17. The van der Waals surface area contributed by atoms with Gasteiger partial charge in [-0.2, -0.15) is 0 Å². The van der Waals surface area contributed by atoms with Crippen LogP contribution in [0.5, 0.6) is 5.75 Å². The van der Waals surface area contributed by atoms with E-state index in [1.54, 1.807) is 12.1 Å². The fourth-order valence-electron chi connectivity index (χ4n) is 1.88. The molecular formula is C12H15NO5. The topological polar surface area (TPSA) is 81.8 Å². The van der Waals surface area contributed by atoms with Crippen molar-refractivity contribution in [2.45, 2.75) is 31.7 Å². The van der Waals surface area contributed by atoms with Gasteiger partial charge < -0.3 is 14.6 Å². The molecule has 18 heavy (non-hydrogen) atoms. The molecule has 0 aromatic heterocycles. The van der Waals surface area contributed by atoms with Crippen LogP contribution in [0.15, 0.2) is 24.3 Å². The van der Waals surface area contributed by atoms with Crippen LogP contribution in [0.4, 0.5) is 5.69 Å². The fourth-order valence-corrected chi connectivity index (χ4v) is 1.88. The van der Waals surface area contributed by atoms with Crippen molar-refractivity contribution in [1.82, 2.24) is 0 Å². The molecule has 1 heterocycles. The molecule has 0 saturated carbocycles. The van der Waals surface area contributed by atoms with E-state index < -0.39 is 11.2 Å². The maximum absolute atomic E-state index is 10.5. The van der Waals surface area contributed by atoms with Crippen LogP contribution in [-0.4, -0.2) is 29.0 Å². The van der Waals surface area contributed by atoms with Crippen molar-refractivity contribution < 1.29 is 19.5 Å². The minimum atomic E-state index is -0.456. The summed E-state index contributed by atoms with van der Waals surface area (Å²) >= 11 is 0. The molecule has 2 unspecified atom stereocenters. The maximum Gasteiger partial charge on any atom is 0.269 e. The average Bonchev–Trinajstić information content (AvgIpc) is 2.39. The Morgan fingerprint density at radius 2 is 2.11 bits per heavy atom. The highest BCUT2D eigenvalue weighted by Crippen LogP contribution is 2.24. The molecule has 2 rings (SSSR count). The number of benzene rings is 1. The molecular weight excluding hydrogens is 238 g/mol. The predicted octanol–water partition coefficient (Wildman–Crippen LogP) is 1.86. The molecule has 1 aromatic carbocycles. The summed E-state index contributed by atoms with van der Waals surface area (Å²) in [6.45, 7) is -0.0138. The Labute approximate surface area is 104 Å². The van der Waals surface area contributed by atoms with E-state index in [-0.39, 0.29) is 18.4 Å². The first kappa shape index (κ1) is 12.8. The van der Waals surface area contributed by atoms with Gasteiger partial charge in [-0.1, -0.05) is 0 Å². The molecule has 2 atom stereocenters. The smallest absolute Gasteiger partial charge is 0.269 e. The number of nitro benzene ring substituents is 1. The molecule has 1 N–H and O–H groups in total. The van der Waals surface area contributed by atoms with Crippen LogP contribution in [0.1, 0.15) is 19.3 Å². The van der Waals surface area contributed by atoms with Crippen molar-refractivity contribution in [2.24, 2.45) is 0 Å². The molecule has 0 bridgehead atoms. The number of aliphatic hydroxyl groups excluding tert-OH is 1. The Morgan fingerprint density at radius 1 is 1.39 bits per heavy atom. The Hall–Kier alpha value is -1.66. The number of hydrogen-bond donors (Lipinski definition) is 1. The van der Waals surface area contributed by atoms with Crippen LogP contribution in [-0.2, 0) is 4.74 Å². The zero-order valence-electron chi connectivity index (χ0n) is 9.82.